The Bertz CT molecular complexity index is 1130. The fraction of sp³-hybridized carbons (Fsp3) is 0.125. The molecule has 3 aromatic rings. The van der Waals surface area contributed by atoms with Crippen LogP contribution in [0.25, 0.3) is 0 Å². The van der Waals surface area contributed by atoms with Gasteiger partial charge in [0.1, 0.15) is 0 Å². The molecule has 0 saturated heterocycles. The number of methoxy groups -OCH3 is 1. The van der Waals surface area contributed by atoms with Crippen molar-refractivity contribution in [1.82, 2.24) is 4.57 Å². The Morgan fingerprint density at radius 1 is 0.967 bits per heavy atom. The van der Waals surface area contributed by atoms with Gasteiger partial charge in [0.15, 0.2) is 11.2 Å². The summed E-state index contributed by atoms with van der Waals surface area (Å²) in [7, 11) is 1.09. The van der Waals surface area contributed by atoms with Gasteiger partial charge in [-0.25, -0.2) is 4.79 Å². The van der Waals surface area contributed by atoms with Crippen LogP contribution in [0.1, 0.15) is 27.0 Å². The molecule has 0 aliphatic heterocycles. The molecule has 0 amide bonds. The summed E-state index contributed by atoms with van der Waals surface area (Å²) in [6.45, 7) is 0.454. The number of ketones is 1. The van der Waals surface area contributed by atoms with Gasteiger partial charge >= 0.3 is 5.97 Å². The molecule has 0 fully saturated rings. The Hall–Kier alpha value is -3.93. The van der Waals surface area contributed by atoms with Crippen LogP contribution in [0.4, 0.5) is 0 Å². The highest BCUT2D eigenvalue weighted by molar-refractivity contribution is 6.07. The number of benzene rings is 2. The zero-order chi connectivity index (χ0) is 21.5. The molecule has 152 valence electrons. The molecule has 1 heterocycles. The Morgan fingerprint density at radius 2 is 1.57 bits per heavy atom. The van der Waals surface area contributed by atoms with Gasteiger partial charge in [-0.2, -0.15) is 0 Å². The number of carbonyl (C=O) groups is 2. The summed E-state index contributed by atoms with van der Waals surface area (Å²) in [5.41, 5.74) is 1.79. The molecule has 6 heteroatoms. The highest BCUT2D eigenvalue weighted by Gasteiger charge is 2.17. The zero-order valence-electron chi connectivity index (χ0n) is 16.4. The predicted molar refractivity (Wildman–Crippen MR) is 113 cm³/mol. The van der Waals surface area contributed by atoms with Gasteiger partial charge in [-0.05, 0) is 11.1 Å². The van der Waals surface area contributed by atoms with Crippen LogP contribution in [0.15, 0.2) is 89.7 Å². The SMILES string of the molecule is COC(=O)/C(O)=C/C(=O)c1cn(Cc2ccccc2)cc(Cc2ccccc2)c1=O. The average molecular weight is 403 g/mol. The van der Waals surface area contributed by atoms with Crippen LogP contribution in [-0.4, -0.2) is 28.5 Å². The fourth-order valence-corrected chi connectivity index (χ4v) is 3.06. The maximum absolute atomic E-state index is 13.0. The third-order valence-electron chi connectivity index (χ3n) is 4.53. The van der Waals surface area contributed by atoms with Crippen LogP contribution in [0.5, 0.6) is 0 Å². The largest absolute Gasteiger partial charge is 0.502 e. The number of pyridine rings is 1. The van der Waals surface area contributed by atoms with Gasteiger partial charge in [-0.1, -0.05) is 60.7 Å². The number of nitrogens with zero attached hydrogens (tertiary/aromatic N) is 1. The monoisotopic (exact) mass is 403 g/mol. The number of aliphatic hydroxyl groups is 1. The predicted octanol–water partition coefficient (Wildman–Crippen LogP) is 3.29. The molecule has 6 nitrogen and oxygen atoms in total. The first kappa shape index (κ1) is 20.8. The van der Waals surface area contributed by atoms with E-state index in [9.17, 15) is 19.5 Å². The van der Waals surface area contributed by atoms with Crippen LogP contribution in [-0.2, 0) is 22.5 Å². The van der Waals surface area contributed by atoms with Crippen molar-refractivity contribution in [3.63, 3.8) is 0 Å². The topological polar surface area (TPSA) is 85.6 Å². The molecule has 0 bridgehead atoms. The summed E-state index contributed by atoms with van der Waals surface area (Å²) in [6.07, 6.45) is 4.22. The van der Waals surface area contributed by atoms with Gasteiger partial charge in [0, 0.05) is 37.0 Å². The van der Waals surface area contributed by atoms with E-state index in [1.54, 1.807) is 10.8 Å². The quantitative estimate of drug-likeness (QED) is 0.283. The van der Waals surface area contributed by atoms with Gasteiger partial charge in [0.2, 0.25) is 5.76 Å². The van der Waals surface area contributed by atoms with Crippen molar-refractivity contribution in [2.75, 3.05) is 7.11 Å². The number of ether oxygens (including phenoxy) is 1. The van der Waals surface area contributed by atoms with Crippen molar-refractivity contribution < 1.29 is 19.4 Å². The van der Waals surface area contributed by atoms with Crippen LogP contribution >= 0.6 is 0 Å². The maximum Gasteiger partial charge on any atom is 0.373 e. The van der Waals surface area contributed by atoms with Gasteiger partial charge in [0.25, 0.3) is 0 Å². The number of hydrogen-bond acceptors (Lipinski definition) is 5. The number of rotatable bonds is 7. The fourth-order valence-electron chi connectivity index (χ4n) is 3.06. The lowest BCUT2D eigenvalue weighted by atomic mass is 10.0. The van der Waals surface area contributed by atoms with E-state index in [4.69, 9.17) is 0 Å². The standard InChI is InChI=1S/C24H21NO5/c1-30-24(29)22(27)13-21(26)20-16-25(14-18-10-6-3-7-11-18)15-19(23(20)28)12-17-8-4-2-5-9-17/h2-11,13,15-16,27H,12,14H2,1H3/b22-13-. The first-order valence-corrected chi connectivity index (χ1v) is 9.32. The van der Waals surface area contributed by atoms with E-state index in [0.717, 1.165) is 18.2 Å². The first-order chi connectivity index (χ1) is 14.5. The third kappa shape index (κ3) is 5.11. The first-order valence-electron chi connectivity index (χ1n) is 9.32. The van der Waals surface area contributed by atoms with Crippen LogP contribution in [0.2, 0.25) is 0 Å². The summed E-state index contributed by atoms with van der Waals surface area (Å²) >= 11 is 0. The van der Waals surface area contributed by atoms with E-state index in [-0.39, 0.29) is 5.56 Å². The molecule has 0 unspecified atom stereocenters. The lowest BCUT2D eigenvalue weighted by molar-refractivity contribution is -0.139. The van der Waals surface area contributed by atoms with Crippen molar-refractivity contribution >= 4 is 11.8 Å². The van der Waals surface area contributed by atoms with Gasteiger partial charge < -0.3 is 14.4 Å². The molecule has 0 atom stereocenters. The smallest absolute Gasteiger partial charge is 0.373 e. The average Bonchev–Trinajstić information content (AvgIpc) is 2.76. The van der Waals surface area contributed by atoms with Crippen molar-refractivity contribution in [1.29, 1.82) is 0 Å². The van der Waals surface area contributed by atoms with E-state index in [1.165, 1.54) is 6.20 Å². The summed E-state index contributed by atoms with van der Waals surface area (Å²) in [5, 5.41) is 9.71. The summed E-state index contributed by atoms with van der Waals surface area (Å²) < 4.78 is 6.15. The molecule has 0 aliphatic rings. The van der Waals surface area contributed by atoms with Crippen LogP contribution in [0.3, 0.4) is 0 Å². The second-order valence-corrected chi connectivity index (χ2v) is 6.73. The maximum atomic E-state index is 13.0. The zero-order valence-corrected chi connectivity index (χ0v) is 16.4. The van der Waals surface area contributed by atoms with E-state index >= 15 is 0 Å². The number of hydrogen-bond donors (Lipinski definition) is 1. The molecule has 3 rings (SSSR count). The number of aliphatic hydroxyl groups excluding tert-OH is 1. The van der Waals surface area contributed by atoms with Crippen molar-refractivity contribution in [2.24, 2.45) is 0 Å². The number of carbonyl (C=O) groups excluding carboxylic acids is 2. The molecular weight excluding hydrogens is 382 g/mol. The Labute approximate surface area is 173 Å². The molecular formula is C24H21NO5. The van der Waals surface area contributed by atoms with Gasteiger partial charge in [-0.3, -0.25) is 9.59 Å². The van der Waals surface area contributed by atoms with Crippen molar-refractivity contribution in [3.05, 3.63) is 117 Å². The molecule has 0 aliphatic carbocycles. The molecule has 30 heavy (non-hydrogen) atoms. The summed E-state index contributed by atoms with van der Waals surface area (Å²) in [4.78, 5) is 37.0. The highest BCUT2D eigenvalue weighted by atomic mass is 16.5. The Morgan fingerprint density at radius 3 is 2.17 bits per heavy atom. The second-order valence-electron chi connectivity index (χ2n) is 6.73. The van der Waals surface area contributed by atoms with E-state index in [0.29, 0.717) is 24.6 Å². The molecule has 0 saturated carbocycles. The van der Waals surface area contributed by atoms with Gasteiger partial charge in [-0.15, -0.1) is 0 Å². The van der Waals surface area contributed by atoms with Crippen molar-refractivity contribution in [2.45, 2.75) is 13.0 Å². The van der Waals surface area contributed by atoms with E-state index in [2.05, 4.69) is 4.74 Å². The number of aromatic nitrogens is 1. The van der Waals surface area contributed by atoms with Gasteiger partial charge in [0.05, 0.1) is 12.7 Å². The molecule has 0 radical (unpaired) electrons. The second kappa shape index (κ2) is 9.52. The summed E-state index contributed by atoms with van der Waals surface area (Å²) in [6, 6.07) is 19.1. The lowest BCUT2D eigenvalue weighted by Gasteiger charge is -2.12. The van der Waals surface area contributed by atoms with Crippen LogP contribution in [0, 0.1) is 0 Å². The Balaban J connectivity index is 2.04. The number of esters is 1. The number of allylic oxidation sites excluding steroid dienone is 1. The lowest BCUT2D eigenvalue weighted by Crippen LogP contribution is -2.22. The van der Waals surface area contributed by atoms with E-state index in [1.807, 2.05) is 60.7 Å². The minimum absolute atomic E-state index is 0.130. The molecule has 0 spiro atoms. The Kier molecular flexibility index (Phi) is 6.60. The van der Waals surface area contributed by atoms with E-state index < -0.39 is 22.9 Å². The highest BCUT2D eigenvalue weighted by Crippen LogP contribution is 2.11. The summed E-state index contributed by atoms with van der Waals surface area (Å²) in [5.74, 6) is -2.67. The van der Waals surface area contributed by atoms with Crippen LogP contribution < -0.4 is 5.43 Å². The van der Waals surface area contributed by atoms with Crippen molar-refractivity contribution in [3.8, 4) is 0 Å². The minimum Gasteiger partial charge on any atom is -0.502 e. The normalized spacial score (nSPS) is 11.2. The third-order valence-corrected chi connectivity index (χ3v) is 4.53. The molecule has 1 N–H and O–H groups in total. The molecule has 1 aromatic heterocycles. The molecule has 2 aromatic carbocycles. The minimum atomic E-state index is -1.05.